The van der Waals surface area contributed by atoms with Gasteiger partial charge < -0.3 is 23.8 Å². The Morgan fingerprint density at radius 2 is 1.48 bits per heavy atom. The van der Waals surface area contributed by atoms with Crippen LogP contribution in [0.25, 0.3) is 0 Å². The van der Waals surface area contributed by atoms with Gasteiger partial charge in [-0.15, -0.1) is 0 Å². The Bertz CT molecular complexity index is 677. The molecule has 3 rings (SSSR count). The van der Waals surface area contributed by atoms with E-state index >= 15 is 0 Å². The summed E-state index contributed by atoms with van der Waals surface area (Å²) in [5.74, 6) is -0.492. The van der Waals surface area contributed by atoms with Crippen LogP contribution in [-0.4, -0.2) is 54.2 Å². The number of carbonyl (C=O) groups is 3. The van der Waals surface area contributed by atoms with Gasteiger partial charge in [0.1, 0.15) is 11.7 Å². The third-order valence-corrected chi connectivity index (χ3v) is 7.21. The summed E-state index contributed by atoms with van der Waals surface area (Å²) in [6, 6.07) is 0. The van der Waals surface area contributed by atoms with Gasteiger partial charge in [0.15, 0.2) is 0 Å². The number of esters is 1. The molecule has 0 radical (unpaired) electrons. The molecule has 0 aromatic rings. The van der Waals surface area contributed by atoms with Crippen LogP contribution in [-0.2, 0) is 23.7 Å². The van der Waals surface area contributed by atoms with Crippen LogP contribution in [0, 0.1) is 11.3 Å². The van der Waals surface area contributed by atoms with Gasteiger partial charge in [-0.1, -0.05) is 6.42 Å². The van der Waals surface area contributed by atoms with Gasteiger partial charge in [0.25, 0.3) is 0 Å². The van der Waals surface area contributed by atoms with Gasteiger partial charge >= 0.3 is 18.2 Å². The predicted octanol–water partition coefficient (Wildman–Crippen LogP) is 5.57. The van der Waals surface area contributed by atoms with Crippen LogP contribution in [0.15, 0.2) is 0 Å². The van der Waals surface area contributed by atoms with Gasteiger partial charge in [0.05, 0.1) is 5.92 Å². The number of likely N-dealkylation sites (tertiary alicyclic amines) is 1. The Kier molecular flexibility index (Phi) is 8.51. The Hall–Kier alpha value is -1.99. The molecule has 1 amide bonds. The van der Waals surface area contributed by atoms with Crippen LogP contribution in [0.1, 0.15) is 98.3 Å². The Morgan fingerprint density at radius 3 is 2.06 bits per heavy atom. The normalized spacial score (nSPS) is 23.0. The number of hydrogen-bond acceptors (Lipinski definition) is 7. The highest BCUT2D eigenvalue weighted by Crippen LogP contribution is 2.46. The van der Waals surface area contributed by atoms with Crippen molar-refractivity contribution in [3.8, 4) is 0 Å². The van der Waals surface area contributed by atoms with E-state index in [0.717, 1.165) is 64.2 Å². The molecule has 8 nitrogen and oxygen atoms in total. The van der Waals surface area contributed by atoms with Crippen molar-refractivity contribution in [1.29, 1.82) is 0 Å². The lowest BCUT2D eigenvalue weighted by Gasteiger charge is -2.45. The second kappa shape index (κ2) is 11.0. The fourth-order valence-electron chi connectivity index (χ4n) is 5.22. The van der Waals surface area contributed by atoms with Crippen LogP contribution in [0.5, 0.6) is 0 Å². The van der Waals surface area contributed by atoms with Crippen molar-refractivity contribution in [1.82, 2.24) is 4.90 Å². The summed E-state index contributed by atoms with van der Waals surface area (Å²) in [4.78, 5) is 38.7. The minimum Gasteiger partial charge on any atom is -0.444 e. The van der Waals surface area contributed by atoms with Crippen LogP contribution in [0.2, 0.25) is 0 Å². The van der Waals surface area contributed by atoms with Crippen molar-refractivity contribution in [3.05, 3.63) is 0 Å². The molecular formula is C25H41NO7. The van der Waals surface area contributed by atoms with E-state index in [9.17, 15) is 14.4 Å². The standard InChI is InChI=1S/C25H41NO7/c1-18(31-23(29)32-20-8-6-5-7-9-20)30-21(27)19-10-12-25(13-11-19)14-16-26(17-15-25)22(28)33-24(2,3)4/h18-20H,5-17H2,1-4H3. The van der Waals surface area contributed by atoms with Gasteiger partial charge in [-0.3, -0.25) is 4.79 Å². The number of ether oxygens (including phenoxy) is 4. The summed E-state index contributed by atoms with van der Waals surface area (Å²) >= 11 is 0. The smallest absolute Gasteiger partial charge is 0.444 e. The molecule has 3 aliphatic rings. The van der Waals surface area contributed by atoms with Gasteiger partial charge in [-0.05, 0) is 90.4 Å². The maximum Gasteiger partial charge on any atom is 0.511 e. The lowest BCUT2D eigenvalue weighted by Crippen LogP contribution is -2.46. The SMILES string of the molecule is CC(OC(=O)OC1CCCCC1)OC(=O)C1CCC2(CC1)CCN(C(=O)OC(C)(C)C)CC2. The molecule has 8 heteroatoms. The average molecular weight is 468 g/mol. The number of hydrogen-bond donors (Lipinski definition) is 0. The molecule has 0 aromatic carbocycles. The minimum absolute atomic E-state index is 0.0922. The highest BCUT2D eigenvalue weighted by molar-refractivity contribution is 5.73. The first-order chi connectivity index (χ1) is 15.6. The monoisotopic (exact) mass is 467 g/mol. The highest BCUT2D eigenvalue weighted by Gasteiger charge is 2.41. The molecule has 3 fully saturated rings. The van der Waals surface area contributed by atoms with E-state index in [-0.39, 0.29) is 29.5 Å². The molecule has 33 heavy (non-hydrogen) atoms. The number of carbonyl (C=O) groups excluding carboxylic acids is 3. The van der Waals surface area contributed by atoms with Crippen molar-refractivity contribution in [2.75, 3.05) is 13.1 Å². The molecule has 1 atom stereocenters. The molecule has 1 saturated heterocycles. The summed E-state index contributed by atoms with van der Waals surface area (Å²) in [6.07, 6.45) is 8.21. The zero-order valence-electron chi connectivity index (χ0n) is 20.7. The lowest BCUT2D eigenvalue weighted by molar-refractivity contribution is -0.175. The van der Waals surface area contributed by atoms with E-state index < -0.39 is 18.0 Å². The zero-order valence-corrected chi connectivity index (χ0v) is 20.7. The first kappa shape index (κ1) is 25.6. The maximum atomic E-state index is 12.6. The van der Waals surface area contributed by atoms with Crippen LogP contribution < -0.4 is 0 Å². The number of nitrogens with zero attached hydrogens (tertiary/aromatic N) is 1. The van der Waals surface area contributed by atoms with Gasteiger partial charge in [0, 0.05) is 20.0 Å². The summed E-state index contributed by atoms with van der Waals surface area (Å²) in [5.41, 5.74) is -0.306. The van der Waals surface area contributed by atoms with Gasteiger partial charge in [0.2, 0.25) is 6.29 Å². The van der Waals surface area contributed by atoms with Crippen molar-refractivity contribution >= 4 is 18.2 Å². The summed E-state index contributed by atoms with van der Waals surface area (Å²) < 4.78 is 21.3. The van der Waals surface area contributed by atoms with E-state index in [0.29, 0.717) is 13.1 Å². The molecule has 1 aliphatic heterocycles. The molecule has 2 saturated carbocycles. The fraction of sp³-hybridized carbons (Fsp3) is 0.880. The van der Waals surface area contributed by atoms with Crippen molar-refractivity contribution in [2.24, 2.45) is 11.3 Å². The molecule has 188 valence electrons. The Labute approximate surface area is 197 Å². The second-order valence-corrected chi connectivity index (χ2v) is 11.0. The number of rotatable bonds is 4. The van der Waals surface area contributed by atoms with Gasteiger partial charge in [-0.2, -0.15) is 0 Å². The van der Waals surface area contributed by atoms with E-state index in [4.69, 9.17) is 18.9 Å². The van der Waals surface area contributed by atoms with Crippen LogP contribution in [0.4, 0.5) is 9.59 Å². The Balaban J connectivity index is 1.36. The number of piperidine rings is 1. The summed E-state index contributed by atoms with van der Waals surface area (Å²) in [5, 5.41) is 0. The van der Waals surface area contributed by atoms with E-state index in [1.807, 2.05) is 20.8 Å². The zero-order chi connectivity index (χ0) is 24.1. The predicted molar refractivity (Wildman–Crippen MR) is 121 cm³/mol. The molecular weight excluding hydrogens is 426 g/mol. The molecule has 0 bridgehead atoms. The van der Waals surface area contributed by atoms with Crippen LogP contribution in [0.3, 0.4) is 0 Å². The molecule has 1 unspecified atom stereocenters. The lowest BCUT2D eigenvalue weighted by atomic mass is 9.65. The third kappa shape index (κ3) is 7.78. The largest absolute Gasteiger partial charge is 0.511 e. The van der Waals surface area contributed by atoms with E-state index in [1.54, 1.807) is 11.8 Å². The van der Waals surface area contributed by atoms with Crippen molar-refractivity contribution < 1.29 is 33.3 Å². The Morgan fingerprint density at radius 1 is 0.879 bits per heavy atom. The molecule has 0 aromatic heterocycles. The topological polar surface area (TPSA) is 91.4 Å². The molecule has 1 spiro atoms. The number of amides is 1. The second-order valence-electron chi connectivity index (χ2n) is 11.0. The van der Waals surface area contributed by atoms with E-state index in [1.165, 1.54) is 6.42 Å². The highest BCUT2D eigenvalue weighted by atomic mass is 16.8. The van der Waals surface area contributed by atoms with Crippen molar-refractivity contribution in [2.45, 2.75) is 116 Å². The molecule has 1 heterocycles. The minimum atomic E-state index is -0.957. The summed E-state index contributed by atoms with van der Waals surface area (Å²) in [7, 11) is 0. The summed E-state index contributed by atoms with van der Waals surface area (Å²) in [6.45, 7) is 8.57. The van der Waals surface area contributed by atoms with Crippen LogP contribution >= 0.6 is 0 Å². The quantitative estimate of drug-likeness (QED) is 0.303. The first-order valence-corrected chi connectivity index (χ1v) is 12.6. The maximum absolute atomic E-state index is 12.6. The van der Waals surface area contributed by atoms with Gasteiger partial charge in [-0.25, -0.2) is 9.59 Å². The van der Waals surface area contributed by atoms with Crippen molar-refractivity contribution in [3.63, 3.8) is 0 Å². The first-order valence-electron chi connectivity index (χ1n) is 12.6. The fourth-order valence-corrected chi connectivity index (χ4v) is 5.22. The molecule has 2 aliphatic carbocycles. The average Bonchev–Trinajstić information content (AvgIpc) is 2.74. The van der Waals surface area contributed by atoms with E-state index in [2.05, 4.69) is 0 Å². The third-order valence-electron chi connectivity index (χ3n) is 7.21. The molecule has 0 N–H and O–H groups in total.